The van der Waals surface area contributed by atoms with E-state index in [1.165, 1.54) is 15.3 Å². The van der Waals surface area contributed by atoms with Gasteiger partial charge in [-0.2, -0.15) is 0 Å². The number of hydrogen-bond acceptors (Lipinski definition) is 6. The SMILES string of the molecule is Cc1cc(CN2CCOC(COc3ccc(Cl)cc3)(CC(=O)N3CCN(C)CC3)C2)c(C)s1. The molecule has 33 heavy (non-hydrogen) atoms. The zero-order valence-electron chi connectivity index (χ0n) is 19.8. The number of rotatable bonds is 7. The predicted molar refractivity (Wildman–Crippen MR) is 133 cm³/mol. The van der Waals surface area contributed by atoms with Crippen LogP contribution in [0.2, 0.25) is 5.02 Å². The van der Waals surface area contributed by atoms with Crippen LogP contribution in [-0.2, 0) is 16.1 Å². The van der Waals surface area contributed by atoms with Crippen molar-refractivity contribution in [2.45, 2.75) is 32.4 Å². The van der Waals surface area contributed by atoms with Crippen molar-refractivity contribution in [3.63, 3.8) is 0 Å². The van der Waals surface area contributed by atoms with Crippen LogP contribution in [0.4, 0.5) is 0 Å². The average molecular weight is 492 g/mol. The smallest absolute Gasteiger partial charge is 0.225 e. The lowest BCUT2D eigenvalue weighted by Crippen LogP contribution is -2.58. The number of thiophene rings is 1. The molecule has 2 aromatic rings. The Hall–Kier alpha value is -1.64. The second-order valence-electron chi connectivity index (χ2n) is 9.28. The van der Waals surface area contributed by atoms with Crippen LogP contribution >= 0.6 is 22.9 Å². The Kier molecular flexibility index (Phi) is 7.97. The number of morpholine rings is 1. The molecule has 2 saturated heterocycles. The second-order valence-corrected chi connectivity index (χ2v) is 11.2. The second kappa shape index (κ2) is 10.7. The number of benzene rings is 1. The number of likely N-dealkylation sites (N-methyl/N-ethyl adjacent to an activating group) is 1. The Labute approximate surface area is 206 Å². The number of hydrogen-bond donors (Lipinski definition) is 0. The average Bonchev–Trinajstić information content (AvgIpc) is 3.10. The van der Waals surface area contributed by atoms with Crippen molar-refractivity contribution >= 4 is 28.8 Å². The molecule has 2 fully saturated rings. The van der Waals surface area contributed by atoms with Crippen LogP contribution in [0, 0.1) is 13.8 Å². The largest absolute Gasteiger partial charge is 0.491 e. The van der Waals surface area contributed by atoms with Gasteiger partial charge in [-0.25, -0.2) is 0 Å². The first-order valence-corrected chi connectivity index (χ1v) is 12.8. The number of nitrogens with zero attached hydrogens (tertiary/aromatic N) is 3. The van der Waals surface area contributed by atoms with Gasteiger partial charge in [0.25, 0.3) is 0 Å². The highest BCUT2D eigenvalue weighted by atomic mass is 35.5. The zero-order valence-corrected chi connectivity index (χ0v) is 21.4. The Balaban J connectivity index is 1.48. The van der Waals surface area contributed by atoms with Crippen molar-refractivity contribution in [1.82, 2.24) is 14.7 Å². The lowest BCUT2D eigenvalue weighted by Gasteiger charge is -2.43. The number of halogens is 1. The third kappa shape index (κ3) is 6.49. The van der Waals surface area contributed by atoms with Crippen LogP contribution in [0.5, 0.6) is 5.75 Å². The number of carbonyl (C=O) groups excluding carboxylic acids is 1. The Morgan fingerprint density at radius 2 is 1.88 bits per heavy atom. The lowest BCUT2D eigenvalue weighted by molar-refractivity contribution is -0.157. The molecule has 2 aliphatic heterocycles. The van der Waals surface area contributed by atoms with Crippen molar-refractivity contribution in [1.29, 1.82) is 0 Å². The molecule has 8 heteroatoms. The monoisotopic (exact) mass is 491 g/mol. The summed E-state index contributed by atoms with van der Waals surface area (Å²) >= 11 is 7.86. The summed E-state index contributed by atoms with van der Waals surface area (Å²) in [7, 11) is 2.10. The van der Waals surface area contributed by atoms with Gasteiger partial charge < -0.3 is 19.3 Å². The van der Waals surface area contributed by atoms with E-state index in [-0.39, 0.29) is 5.91 Å². The highest BCUT2D eigenvalue weighted by molar-refractivity contribution is 7.12. The van der Waals surface area contributed by atoms with Gasteiger partial charge in [-0.15, -0.1) is 11.3 Å². The van der Waals surface area contributed by atoms with E-state index >= 15 is 0 Å². The molecule has 3 heterocycles. The Morgan fingerprint density at radius 3 is 2.55 bits per heavy atom. The Bertz CT molecular complexity index is 943. The third-order valence-corrected chi connectivity index (χ3v) is 7.77. The standard InChI is InChI=1S/C25H34ClN3O3S/c1-19-14-21(20(2)33-19)16-28-12-13-32-25(17-28,18-31-23-6-4-22(26)5-7-23)15-24(30)29-10-8-27(3)9-11-29/h4-7,14H,8-13,15-18H2,1-3H3. The van der Waals surface area contributed by atoms with E-state index in [9.17, 15) is 4.79 Å². The predicted octanol–water partition coefficient (Wildman–Crippen LogP) is 3.83. The summed E-state index contributed by atoms with van der Waals surface area (Å²) in [6.45, 7) is 11.0. The van der Waals surface area contributed by atoms with E-state index in [4.69, 9.17) is 21.1 Å². The van der Waals surface area contributed by atoms with Crippen LogP contribution in [0.1, 0.15) is 21.7 Å². The van der Waals surface area contributed by atoms with Crippen molar-refractivity contribution in [3.8, 4) is 5.75 Å². The minimum atomic E-state index is -0.683. The summed E-state index contributed by atoms with van der Waals surface area (Å²) < 4.78 is 12.5. The van der Waals surface area contributed by atoms with E-state index in [1.54, 1.807) is 0 Å². The van der Waals surface area contributed by atoms with Gasteiger partial charge in [-0.1, -0.05) is 11.6 Å². The Morgan fingerprint density at radius 1 is 1.15 bits per heavy atom. The van der Waals surface area contributed by atoms with Crippen molar-refractivity contribution in [2.24, 2.45) is 0 Å². The maximum absolute atomic E-state index is 13.3. The maximum atomic E-state index is 13.3. The molecule has 0 aliphatic carbocycles. The van der Waals surface area contributed by atoms with Crippen LogP contribution < -0.4 is 4.74 Å². The van der Waals surface area contributed by atoms with Crippen molar-refractivity contribution in [3.05, 3.63) is 50.7 Å². The van der Waals surface area contributed by atoms with E-state index in [2.05, 4.69) is 36.8 Å². The summed E-state index contributed by atoms with van der Waals surface area (Å²) in [5.41, 5.74) is 0.675. The molecule has 1 aromatic heterocycles. The van der Waals surface area contributed by atoms with Crippen LogP contribution in [-0.4, -0.2) is 85.7 Å². The fraction of sp³-hybridized carbons (Fsp3) is 0.560. The molecule has 2 aliphatic rings. The summed E-state index contributed by atoms with van der Waals surface area (Å²) in [4.78, 5) is 22.6. The fourth-order valence-electron chi connectivity index (χ4n) is 4.57. The molecule has 180 valence electrons. The quantitative estimate of drug-likeness (QED) is 0.589. The number of ether oxygens (including phenoxy) is 2. The minimum Gasteiger partial charge on any atom is -0.491 e. The van der Waals surface area contributed by atoms with E-state index in [0.29, 0.717) is 31.2 Å². The molecule has 0 spiro atoms. The molecule has 1 unspecified atom stereocenters. The summed E-state index contributed by atoms with van der Waals surface area (Å²) in [5.74, 6) is 0.878. The van der Waals surface area contributed by atoms with E-state index in [1.807, 2.05) is 40.5 Å². The topological polar surface area (TPSA) is 45.3 Å². The highest BCUT2D eigenvalue weighted by Gasteiger charge is 2.41. The minimum absolute atomic E-state index is 0.146. The van der Waals surface area contributed by atoms with Gasteiger partial charge in [-0.05, 0) is 56.8 Å². The first-order chi connectivity index (χ1) is 15.8. The van der Waals surface area contributed by atoms with Gasteiger partial charge in [0.2, 0.25) is 5.91 Å². The van der Waals surface area contributed by atoms with Gasteiger partial charge >= 0.3 is 0 Å². The number of carbonyl (C=O) groups is 1. The van der Waals surface area contributed by atoms with Crippen LogP contribution in [0.15, 0.2) is 30.3 Å². The molecule has 0 bridgehead atoms. The zero-order chi connectivity index (χ0) is 23.4. The molecule has 0 N–H and O–H groups in total. The molecule has 1 amide bonds. The van der Waals surface area contributed by atoms with E-state index < -0.39 is 5.60 Å². The molecule has 0 saturated carbocycles. The highest BCUT2D eigenvalue weighted by Crippen LogP contribution is 2.29. The summed E-state index contributed by atoms with van der Waals surface area (Å²) in [5, 5.41) is 0.670. The molecule has 6 nitrogen and oxygen atoms in total. The molecular weight excluding hydrogens is 458 g/mol. The fourth-order valence-corrected chi connectivity index (χ4v) is 5.64. The third-order valence-electron chi connectivity index (χ3n) is 6.51. The lowest BCUT2D eigenvalue weighted by atomic mass is 9.96. The van der Waals surface area contributed by atoms with Crippen LogP contribution in [0.25, 0.3) is 0 Å². The molecule has 1 aromatic carbocycles. The molecule has 1 atom stereocenters. The number of aryl methyl sites for hydroxylation is 2. The number of amides is 1. The maximum Gasteiger partial charge on any atom is 0.225 e. The molecular formula is C25H34ClN3O3S. The van der Waals surface area contributed by atoms with Crippen molar-refractivity contribution < 1.29 is 14.3 Å². The van der Waals surface area contributed by atoms with E-state index in [0.717, 1.165) is 45.0 Å². The van der Waals surface area contributed by atoms with Gasteiger partial charge in [0.05, 0.1) is 13.0 Å². The van der Waals surface area contributed by atoms with Gasteiger partial charge in [0, 0.05) is 60.6 Å². The van der Waals surface area contributed by atoms with Crippen LogP contribution in [0.3, 0.4) is 0 Å². The van der Waals surface area contributed by atoms with Crippen molar-refractivity contribution in [2.75, 3.05) is 59.5 Å². The molecule has 0 radical (unpaired) electrons. The summed E-state index contributed by atoms with van der Waals surface area (Å²) in [6.07, 6.45) is 0.322. The van der Waals surface area contributed by atoms with Gasteiger partial charge in [-0.3, -0.25) is 9.69 Å². The van der Waals surface area contributed by atoms with Gasteiger partial charge in [0.1, 0.15) is 18.0 Å². The first-order valence-electron chi connectivity index (χ1n) is 11.6. The molecule has 4 rings (SSSR count). The summed E-state index contributed by atoms with van der Waals surface area (Å²) in [6, 6.07) is 9.62. The first kappa shape index (κ1) is 24.5. The number of piperazine rings is 1. The van der Waals surface area contributed by atoms with Gasteiger partial charge in [0.15, 0.2) is 0 Å². The normalized spacial score (nSPS) is 22.5.